The lowest BCUT2D eigenvalue weighted by molar-refractivity contribution is -0.117. The van der Waals surface area contributed by atoms with Crippen molar-refractivity contribution in [2.75, 3.05) is 11.9 Å². The van der Waals surface area contributed by atoms with Crippen LogP contribution in [0.25, 0.3) is 0 Å². The van der Waals surface area contributed by atoms with Crippen LogP contribution in [0.1, 0.15) is 63.3 Å². The second-order valence-electron chi connectivity index (χ2n) is 7.64. The first kappa shape index (κ1) is 22.3. The fourth-order valence-corrected chi connectivity index (χ4v) is 5.15. The lowest BCUT2D eigenvalue weighted by atomic mass is 9.93. The standard InChI is InChI=1S/C22H26ClN3O3S/c1-13-14(2)30-21(19(13)20(24)28)25-18(27)12-26(17-9-4-3-5-10-17)22(29)15-7-6-8-16(23)11-15/h6-8,11,17H,3-5,9-10,12H2,1-2H3,(H2,24,28)(H,25,27). The van der Waals surface area contributed by atoms with Crippen LogP contribution < -0.4 is 11.1 Å². The summed E-state index contributed by atoms with van der Waals surface area (Å²) in [5, 5.41) is 3.71. The number of rotatable bonds is 6. The van der Waals surface area contributed by atoms with Crippen molar-refractivity contribution >= 4 is 45.7 Å². The molecule has 30 heavy (non-hydrogen) atoms. The summed E-state index contributed by atoms with van der Waals surface area (Å²) in [5.74, 6) is -1.14. The van der Waals surface area contributed by atoms with E-state index in [1.165, 1.54) is 11.3 Å². The van der Waals surface area contributed by atoms with E-state index < -0.39 is 5.91 Å². The summed E-state index contributed by atoms with van der Waals surface area (Å²) >= 11 is 7.38. The lowest BCUT2D eigenvalue weighted by Crippen LogP contribution is -2.45. The molecule has 6 nitrogen and oxygen atoms in total. The van der Waals surface area contributed by atoms with Gasteiger partial charge in [-0.1, -0.05) is 36.9 Å². The molecule has 2 aromatic rings. The third-order valence-electron chi connectivity index (χ3n) is 5.55. The van der Waals surface area contributed by atoms with E-state index >= 15 is 0 Å². The molecule has 0 atom stereocenters. The molecule has 1 aromatic heterocycles. The molecule has 0 bridgehead atoms. The summed E-state index contributed by atoms with van der Waals surface area (Å²) in [7, 11) is 0. The van der Waals surface area contributed by atoms with Crippen LogP contribution in [0.4, 0.5) is 5.00 Å². The molecule has 1 aliphatic rings. The van der Waals surface area contributed by atoms with Gasteiger partial charge in [-0.3, -0.25) is 14.4 Å². The maximum absolute atomic E-state index is 13.2. The molecule has 0 radical (unpaired) electrons. The number of nitrogens with zero attached hydrogens (tertiary/aromatic N) is 1. The van der Waals surface area contributed by atoms with Crippen molar-refractivity contribution in [3.05, 3.63) is 50.9 Å². The molecule has 1 aliphatic carbocycles. The van der Waals surface area contributed by atoms with Gasteiger partial charge >= 0.3 is 0 Å². The zero-order valence-electron chi connectivity index (χ0n) is 17.2. The Bertz CT molecular complexity index is 967. The van der Waals surface area contributed by atoms with Crippen molar-refractivity contribution in [2.24, 2.45) is 5.73 Å². The normalized spacial score (nSPS) is 14.4. The molecular weight excluding hydrogens is 422 g/mol. The van der Waals surface area contributed by atoms with E-state index in [2.05, 4.69) is 5.32 Å². The maximum atomic E-state index is 13.2. The number of primary amides is 1. The minimum atomic E-state index is -0.578. The van der Waals surface area contributed by atoms with E-state index in [0.717, 1.165) is 42.5 Å². The predicted octanol–water partition coefficient (Wildman–Crippen LogP) is 4.53. The number of halogens is 1. The van der Waals surface area contributed by atoms with E-state index in [-0.39, 0.29) is 24.4 Å². The first-order valence-electron chi connectivity index (χ1n) is 10.0. The highest BCUT2D eigenvalue weighted by Crippen LogP contribution is 2.32. The van der Waals surface area contributed by atoms with Gasteiger partial charge < -0.3 is 16.0 Å². The Hall–Kier alpha value is -2.38. The number of amides is 3. The molecule has 1 aromatic carbocycles. The number of nitrogens with two attached hydrogens (primary N) is 1. The van der Waals surface area contributed by atoms with Crippen LogP contribution in [0.3, 0.4) is 0 Å². The third kappa shape index (κ3) is 5.02. The summed E-state index contributed by atoms with van der Waals surface area (Å²) in [6, 6.07) is 6.76. The van der Waals surface area contributed by atoms with Crippen LogP contribution in [-0.4, -0.2) is 35.2 Å². The maximum Gasteiger partial charge on any atom is 0.254 e. The quantitative estimate of drug-likeness (QED) is 0.681. The molecule has 3 N–H and O–H groups in total. The Balaban J connectivity index is 1.82. The van der Waals surface area contributed by atoms with E-state index in [9.17, 15) is 14.4 Å². The number of aryl methyl sites for hydroxylation is 1. The molecule has 3 amide bonds. The van der Waals surface area contributed by atoms with Gasteiger partial charge in [0.25, 0.3) is 11.8 Å². The molecule has 160 valence electrons. The number of nitrogens with one attached hydrogen (secondary N) is 1. The Kier molecular flexibility index (Phi) is 7.15. The highest BCUT2D eigenvalue weighted by atomic mass is 35.5. The lowest BCUT2D eigenvalue weighted by Gasteiger charge is -2.34. The van der Waals surface area contributed by atoms with Gasteiger partial charge in [0, 0.05) is 21.5 Å². The van der Waals surface area contributed by atoms with Gasteiger partial charge in [0.05, 0.1) is 5.56 Å². The number of benzene rings is 1. The largest absolute Gasteiger partial charge is 0.365 e. The molecule has 1 saturated carbocycles. The monoisotopic (exact) mass is 447 g/mol. The Morgan fingerprint density at radius 2 is 1.90 bits per heavy atom. The number of carbonyl (C=O) groups excluding carboxylic acids is 3. The van der Waals surface area contributed by atoms with Gasteiger partial charge in [0.2, 0.25) is 5.91 Å². The van der Waals surface area contributed by atoms with Gasteiger partial charge in [-0.15, -0.1) is 11.3 Å². The highest BCUT2D eigenvalue weighted by Gasteiger charge is 2.29. The van der Waals surface area contributed by atoms with Crippen molar-refractivity contribution in [2.45, 2.75) is 52.0 Å². The summed E-state index contributed by atoms with van der Waals surface area (Å²) in [6.45, 7) is 3.59. The number of anilines is 1. The van der Waals surface area contributed by atoms with Crippen LogP contribution in [0.15, 0.2) is 24.3 Å². The summed E-state index contributed by atoms with van der Waals surface area (Å²) in [4.78, 5) is 40.5. The van der Waals surface area contributed by atoms with Gasteiger partial charge in [0.15, 0.2) is 0 Å². The van der Waals surface area contributed by atoms with Crippen molar-refractivity contribution in [3.8, 4) is 0 Å². The molecule has 0 saturated heterocycles. The molecule has 0 unspecified atom stereocenters. The molecule has 1 fully saturated rings. The minimum Gasteiger partial charge on any atom is -0.365 e. The Morgan fingerprint density at radius 3 is 2.53 bits per heavy atom. The molecule has 3 rings (SSSR count). The van der Waals surface area contributed by atoms with Crippen LogP contribution in [0.2, 0.25) is 5.02 Å². The average Bonchev–Trinajstić information content (AvgIpc) is 2.99. The van der Waals surface area contributed by atoms with Crippen LogP contribution in [0, 0.1) is 13.8 Å². The minimum absolute atomic E-state index is 0.00148. The Morgan fingerprint density at radius 1 is 1.20 bits per heavy atom. The van der Waals surface area contributed by atoms with Crippen LogP contribution in [0.5, 0.6) is 0 Å². The molecule has 0 spiro atoms. The van der Waals surface area contributed by atoms with Crippen LogP contribution >= 0.6 is 22.9 Å². The number of carbonyl (C=O) groups is 3. The summed E-state index contributed by atoms with van der Waals surface area (Å²) < 4.78 is 0. The fraction of sp³-hybridized carbons (Fsp3) is 0.409. The van der Waals surface area contributed by atoms with Gasteiger partial charge in [-0.25, -0.2) is 0 Å². The van der Waals surface area contributed by atoms with Gasteiger partial charge in [0.1, 0.15) is 11.5 Å². The predicted molar refractivity (Wildman–Crippen MR) is 120 cm³/mol. The number of hydrogen-bond donors (Lipinski definition) is 2. The summed E-state index contributed by atoms with van der Waals surface area (Å²) in [6.07, 6.45) is 4.92. The van der Waals surface area contributed by atoms with Gasteiger partial charge in [-0.2, -0.15) is 0 Å². The molecule has 0 aliphatic heterocycles. The summed E-state index contributed by atoms with van der Waals surface area (Å²) in [5.41, 5.74) is 7.06. The van der Waals surface area contributed by atoms with Crippen molar-refractivity contribution in [3.63, 3.8) is 0 Å². The number of hydrogen-bond acceptors (Lipinski definition) is 4. The average molecular weight is 448 g/mol. The van der Waals surface area contributed by atoms with E-state index in [0.29, 0.717) is 21.2 Å². The number of thiophene rings is 1. The highest BCUT2D eigenvalue weighted by molar-refractivity contribution is 7.16. The zero-order chi connectivity index (χ0) is 21.8. The smallest absolute Gasteiger partial charge is 0.254 e. The fourth-order valence-electron chi connectivity index (χ4n) is 3.88. The van der Waals surface area contributed by atoms with Crippen LogP contribution in [-0.2, 0) is 4.79 Å². The molecule has 1 heterocycles. The first-order valence-corrected chi connectivity index (χ1v) is 11.2. The van der Waals surface area contributed by atoms with E-state index in [1.54, 1.807) is 36.1 Å². The van der Waals surface area contributed by atoms with Crippen molar-refractivity contribution < 1.29 is 14.4 Å². The van der Waals surface area contributed by atoms with E-state index in [1.807, 2.05) is 6.92 Å². The Labute approximate surface area is 185 Å². The second kappa shape index (κ2) is 9.62. The SMILES string of the molecule is Cc1sc(NC(=O)CN(C(=O)c2cccc(Cl)c2)C2CCCCC2)c(C(N)=O)c1C. The third-order valence-corrected chi connectivity index (χ3v) is 6.90. The van der Waals surface area contributed by atoms with E-state index in [4.69, 9.17) is 17.3 Å². The van der Waals surface area contributed by atoms with Gasteiger partial charge in [-0.05, 0) is 50.5 Å². The zero-order valence-corrected chi connectivity index (χ0v) is 18.7. The first-order chi connectivity index (χ1) is 14.3. The van der Waals surface area contributed by atoms with Crippen molar-refractivity contribution in [1.29, 1.82) is 0 Å². The van der Waals surface area contributed by atoms with Crippen molar-refractivity contribution in [1.82, 2.24) is 4.90 Å². The second-order valence-corrected chi connectivity index (χ2v) is 9.30. The topological polar surface area (TPSA) is 92.5 Å². The molecule has 8 heteroatoms. The molecular formula is C22H26ClN3O3S.